The van der Waals surface area contributed by atoms with Crippen LogP contribution in [0.4, 0.5) is 0 Å². The van der Waals surface area contributed by atoms with Gasteiger partial charge in [0, 0.05) is 12.1 Å². The fourth-order valence-electron chi connectivity index (χ4n) is 4.68. The molecular weight excluding hydrogens is 468 g/mol. The molecule has 2 aromatic heterocycles. The summed E-state index contributed by atoms with van der Waals surface area (Å²) >= 11 is 0. The molecule has 5 aromatic rings. The SMILES string of the molecule is CCCCn1c(=O)c2ccc(C)c(OC)c2n(Cc2ccc(-c3ccccc3-c3nn[nH]n3)cc2)c1=O. The number of fused-ring (bicyclic) bond motifs is 1. The monoisotopic (exact) mass is 496 g/mol. The molecule has 0 aliphatic rings. The van der Waals surface area contributed by atoms with E-state index >= 15 is 0 Å². The van der Waals surface area contributed by atoms with E-state index in [2.05, 4.69) is 20.6 Å². The number of ether oxygens (including phenoxy) is 1. The third kappa shape index (κ3) is 4.44. The number of nitrogens with zero attached hydrogens (tertiary/aromatic N) is 5. The minimum Gasteiger partial charge on any atom is -0.494 e. The number of tetrazole rings is 1. The summed E-state index contributed by atoms with van der Waals surface area (Å²) < 4.78 is 8.66. The van der Waals surface area contributed by atoms with Crippen LogP contribution in [-0.4, -0.2) is 36.9 Å². The van der Waals surface area contributed by atoms with Crippen molar-refractivity contribution >= 4 is 10.9 Å². The zero-order valence-corrected chi connectivity index (χ0v) is 21.1. The van der Waals surface area contributed by atoms with Gasteiger partial charge < -0.3 is 4.74 Å². The van der Waals surface area contributed by atoms with E-state index in [9.17, 15) is 9.59 Å². The molecule has 0 aliphatic carbocycles. The minimum absolute atomic E-state index is 0.281. The summed E-state index contributed by atoms with van der Waals surface area (Å²) in [5.41, 5.74) is 4.53. The average molecular weight is 497 g/mol. The molecule has 0 radical (unpaired) electrons. The minimum atomic E-state index is -0.332. The average Bonchev–Trinajstić information content (AvgIpc) is 3.46. The molecule has 0 unspecified atom stereocenters. The number of hydrogen-bond donors (Lipinski definition) is 1. The van der Waals surface area contributed by atoms with E-state index in [4.69, 9.17) is 4.74 Å². The number of unbranched alkanes of at least 4 members (excludes halogenated alkanes) is 1. The molecule has 1 N–H and O–H groups in total. The summed E-state index contributed by atoms with van der Waals surface area (Å²) in [6, 6.07) is 19.5. The van der Waals surface area contributed by atoms with Gasteiger partial charge in [0.1, 0.15) is 11.3 Å². The standard InChI is InChI=1S/C28H28N6O3/c1-4-5-16-33-27(35)23-15-10-18(2)25(37-3)24(23)34(28(33)36)17-19-11-13-20(14-12-19)21-8-6-7-9-22(21)26-29-31-32-30-26/h6-15H,4-5,16-17H2,1-3H3,(H,29,30,31,32). The van der Waals surface area contributed by atoms with Crippen molar-refractivity contribution in [3.05, 3.63) is 92.6 Å². The summed E-state index contributed by atoms with van der Waals surface area (Å²) in [5.74, 6) is 1.06. The van der Waals surface area contributed by atoms with E-state index in [1.54, 1.807) is 17.7 Å². The highest BCUT2D eigenvalue weighted by molar-refractivity contribution is 5.86. The lowest BCUT2D eigenvalue weighted by Crippen LogP contribution is -2.40. The van der Waals surface area contributed by atoms with E-state index in [1.165, 1.54) is 4.57 Å². The van der Waals surface area contributed by atoms with Gasteiger partial charge in [-0.2, -0.15) is 5.21 Å². The summed E-state index contributed by atoms with van der Waals surface area (Å²) in [6.45, 7) is 4.63. The predicted octanol–water partition coefficient (Wildman–Crippen LogP) is 4.18. The zero-order chi connectivity index (χ0) is 25.9. The highest BCUT2D eigenvalue weighted by Crippen LogP contribution is 2.30. The molecule has 0 saturated carbocycles. The Labute approximate surface area is 213 Å². The summed E-state index contributed by atoms with van der Waals surface area (Å²) in [7, 11) is 1.56. The third-order valence-electron chi connectivity index (χ3n) is 6.59. The first kappa shape index (κ1) is 24.2. The molecule has 0 spiro atoms. The number of aryl methyl sites for hydroxylation is 1. The molecule has 188 valence electrons. The van der Waals surface area contributed by atoms with Crippen LogP contribution < -0.4 is 16.0 Å². The van der Waals surface area contributed by atoms with Crippen molar-refractivity contribution in [3.63, 3.8) is 0 Å². The second-order valence-corrected chi connectivity index (χ2v) is 8.97. The van der Waals surface area contributed by atoms with Crippen molar-refractivity contribution in [2.75, 3.05) is 7.11 Å². The van der Waals surface area contributed by atoms with Gasteiger partial charge in [-0.05, 0) is 46.9 Å². The van der Waals surface area contributed by atoms with E-state index < -0.39 is 0 Å². The Morgan fingerprint density at radius 2 is 1.70 bits per heavy atom. The molecule has 0 bridgehead atoms. The molecule has 0 amide bonds. The fraction of sp³-hybridized carbons (Fsp3) is 0.250. The van der Waals surface area contributed by atoms with E-state index in [-0.39, 0.29) is 11.2 Å². The van der Waals surface area contributed by atoms with E-state index in [0.29, 0.717) is 35.6 Å². The van der Waals surface area contributed by atoms with Gasteiger partial charge >= 0.3 is 5.69 Å². The van der Waals surface area contributed by atoms with Gasteiger partial charge in [0.05, 0.1) is 19.0 Å². The molecule has 0 atom stereocenters. The van der Waals surface area contributed by atoms with Crippen LogP contribution in [0, 0.1) is 6.92 Å². The van der Waals surface area contributed by atoms with Crippen LogP contribution in [0.15, 0.2) is 70.3 Å². The maximum Gasteiger partial charge on any atom is 0.331 e. The molecular formula is C28H28N6O3. The molecule has 5 rings (SSSR count). The van der Waals surface area contributed by atoms with Crippen LogP contribution in [0.2, 0.25) is 0 Å². The van der Waals surface area contributed by atoms with E-state index in [1.807, 2.05) is 68.4 Å². The first-order valence-electron chi connectivity index (χ1n) is 12.3. The first-order valence-corrected chi connectivity index (χ1v) is 12.3. The van der Waals surface area contributed by atoms with Crippen molar-refractivity contribution in [2.24, 2.45) is 0 Å². The Morgan fingerprint density at radius 1 is 0.946 bits per heavy atom. The lowest BCUT2D eigenvalue weighted by Gasteiger charge is -2.18. The quantitative estimate of drug-likeness (QED) is 0.345. The summed E-state index contributed by atoms with van der Waals surface area (Å²) in [4.78, 5) is 26.9. The lowest BCUT2D eigenvalue weighted by atomic mass is 9.98. The normalized spacial score (nSPS) is 11.2. The van der Waals surface area contributed by atoms with Crippen LogP contribution in [0.1, 0.15) is 30.9 Å². The van der Waals surface area contributed by atoms with Crippen LogP contribution in [0.5, 0.6) is 5.75 Å². The van der Waals surface area contributed by atoms with Crippen molar-refractivity contribution in [1.82, 2.24) is 29.8 Å². The molecule has 0 aliphatic heterocycles. The van der Waals surface area contributed by atoms with Crippen LogP contribution in [0.3, 0.4) is 0 Å². The van der Waals surface area contributed by atoms with E-state index in [0.717, 1.165) is 40.7 Å². The Hall–Kier alpha value is -4.53. The Bertz CT molecular complexity index is 1670. The van der Waals surface area contributed by atoms with Crippen molar-refractivity contribution in [3.8, 4) is 28.3 Å². The maximum atomic E-state index is 13.6. The van der Waals surface area contributed by atoms with Gasteiger partial charge in [0.25, 0.3) is 5.56 Å². The fourth-order valence-corrected chi connectivity index (χ4v) is 4.68. The number of hydrogen-bond acceptors (Lipinski definition) is 6. The van der Waals surface area contributed by atoms with Crippen LogP contribution in [-0.2, 0) is 13.1 Å². The summed E-state index contributed by atoms with van der Waals surface area (Å²) in [5, 5.41) is 14.9. The van der Waals surface area contributed by atoms with Gasteiger partial charge in [-0.1, -0.05) is 67.9 Å². The number of nitrogens with one attached hydrogen (secondary N) is 1. The van der Waals surface area contributed by atoms with Crippen molar-refractivity contribution in [1.29, 1.82) is 0 Å². The van der Waals surface area contributed by atoms with Crippen molar-refractivity contribution < 1.29 is 4.74 Å². The predicted molar refractivity (Wildman–Crippen MR) is 143 cm³/mol. The maximum absolute atomic E-state index is 13.6. The van der Waals surface area contributed by atoms with Gasteiger partial charge in [-0.3, -0.25) is 13.9 Å². The number of benzene rings is 3. The van der Waals surface area contributed by atoms with Crippen LogP contribution in [0.25, 0.3) is 33.4 Å². The topological polar surface area (TPSA) is 108 Å². The number of aromatic amines is 1. The van der Waals surface area contributed by atoms with Gasteiger partial charge in [-0.15, -0.1) is 10.2 Å². The molecule has 9 heteroatoms. The molecule has 37 heavy (non-hydrogen) atoms. The molecule has 3 aromatic carbocycles. The molecule has 2 heterocycles. The third-order valence-corrected chi connectivity index (χ3v) is 6.59. The Balaban J connectivity index is 1.60. The highest BCUT2D eigenvalue weighted by Gasteiger charge is 2.18. The first-order chi connectivity index (χ1) is 18.0. The van der Waals surface area contributed by atoms with Crippen LogP contribution >= 0.6 is 0 Å². The highest BCUT2D eigenvalue weighted by atomic mass is 16.5. The Kier molecular flexibility index (Phi) is 6.68. The Morgan fingerprint density at radius 3 is 2.38 bits per heavy atom. The number of rotatable bonds is 8. The number of H-pyrrole nitrogens is 1. The summed E-state index contributed by atoms with van der Waals surface area (Å²) in [6.07, 6.45) is 1.63. The second-order valence-electron chi connectivity index (χ2n) is 8.97. The number of aromatic nitrogens is 6. The molecule has 0 saturated heterocycles. The second kappa shape index (κ2) is 10.2. The lowest BCUT2D eigenvalue weighted by molar-refractivity contribution is 0.413. The molecule has 0 fully saturated rings. The zero-order valence-electron chi connectivity index (χ0n) is 21.1. The number of methoxy groups -OCH3 is 1. The van der Waals surface area contributed by atoms with Gasteiger partial charge in [-0.25, -0.2) is 4.79 Å². The smallest absolute Gasteiger partial charge is 0.331 e. The van der Waals surface area contributed by atoms with Crippen molar-refractivity contribution in [2.45, 2.75) is 39.8 Å². The largest absolute Gasteiger partial charge is 0.494 e. The molecule has 9 nitrogen and oxygen atoms in total. The van der Waals surface area contributed by atoms with Gasteiger partial charge in [0.2, 0.25) is 5.82 Å². The van der Waals surface area contributed by atoms with Gasteiger partial charge in [0.15, 0.2) is 0 Å².